The second-order valence-corrected chi connectivity index (χ2v) is 7.79. The largest absolute Gasteiger partial charge is 0.387 e. The van der Waals surface area contributed by atoms with Gasteiger partial charge in [-0.05, 0) is 48.6 Å². The molecule has 5 rings (SSSR count). The predicted molar refractivity (Wildman–Crippen MR) is 109 cm³/mol. The van der Waals surface area contributed by atoms with Gasteiger partial charge in [-0.3, -0.25) is 0 Å². The molecule has 0 bridgehead atoms. The third-order valence-electron chi connectivity index (χ3n) is 5.98. The van der Waals surface area contributed by atoms with Crippen LogP contribution in [0.5, 0.6) is 0 Å². The number of hydrogen-bond acceptors (Lipinski definition) is 3. The van der Waals surface area contributed by atoms with Gasteiger partial charge in [-0.25, -0.2) is 14.4 Å². The number of aromatic amines is 1. The van der Waals surface area contributed by atoms with Crippen molar-refractivity contribution in [2.24, 2.45) is 10.7 Å². The minimum absolute atomic E-state index is 0.188. The Morgan fingerprint density at radius 1 is 1.18 bits per heavy atom. The van der Waals surface area contributed by atoms with Crippen LogP contribution >= 0.6 is 0 Å². The topological polar surface area (TPSA) is 72.0 Å². The Bertz CT molecular complexity index is 1120. The molecule has 0 radical (unpaired) electrons. The van der Waals surface area contributed by atoms with E-state index in [0.717, 1.165) is 33.2 Å². The zero-order valence-corrected chi connectivity index (χ0v) is 15.8. The highest BCUT2D eigenvalue weighted by Crippen LogP contribution is 2.31. The van der Waals surface area contributed by atoms with Gasteiger partial charge in [0, 0.05) is 24.2 Å². The number of nitrogens with two attached hydrogens (primary N) is 1. The molecule has 3 heterocycles. The number of nitrogens with one attached hydrogen (secondary N) is 1. The van der Waals surface area contributed by atoms with E-state index in [-0.39, 0.29) is 5.83 Å². The molecule has 1 aliphatic heterocycles. The number of aromatic nitrogens is 3. The van der Waals surface area contributed by atoms with Crippen LogP contribution in [0.25, 0.3) is 11.1 Å². The third kappa shape index (κ3) is 2.93. The van der Waals surface area contributed by atoms with Gasteiger partial charge < -0.3 is 15.3 Å². The van der Waals surface area contributed by atoms with E-state index in [4.69, 9.17) is 10.7 Å². The molecule has 1 saturated carbocycles. The normalized spacial score (nSPS) is 24.0. The minimum atomic E-state index is -0.188. The monoisotopic (exact) mass is 377 g/mol. The molecule has 1 fully saturated rings. The highest BCUT2D eigenvalue weighted by Gasteiger charge is 2.23. The van der Waals surface area contributed by atoms with Gasteiger partial charge in [0.2, 0.25) is 0 Å². The lowest BCUT2D eigenvalue weighted by Gasteiger charge is -2.24. The highest BCUT2D eigenvalue weighted by atomic mass is 19.1. The smallest absolute Gasteiger partial charge is 0.139 e. The van der Waals surface area contributed by atoms with Crippen molar-refractivity contribution in [2.45, 2.75) is 51.0 Å². The van der Waals surface area contributed by atoms with E-state index in [9.17, 15) is 4.39 Å². The highest BCUT2D eigenvalue weighted by molar-refractivity contribution is 5.98. The van der Waals surface area contributed by atoms with Crippen LogP contribution in [0.3, 0.4) is 0 Å². The lowest BCUT2D eigenvalue weighted by atomic mass is 9.94. The number of hydrogen-bond donors (Lipinski definition) is 2. The molecular weight excluding hydrogens is 353 g/mol. The number of allylic oxidation sites excluding steroid dienone is 4. The zero-order chi connectivity index (χ0) is 19.1. The summed E-state index contributed by atoms with van der Waals surface area (Å²) in [6, 6.07) is 2.50. The Kier molecular flexibility index (Phi) is 4.26. The first-order chi connectivity index (χ1) is 13.7. The summed E-state index contributed by atoms with van der Waals surface area (Å²) in [7, 11) is 0. The molecule has 3 aliphatic rings. The fourth-order valence-corrected chi connectivity index (χ4v) is 4.60. The Morgan fingerprint density at radius 2 is 2.04 bits per heavy atom. The summed E-state index contributed by atoms with van der Waals surface area (Å²) in [6.07, 6.45) is 16.1. The number of halogens is 1. The Hall–Kier alpha value is -2.89. The fraction of sp³-hybridized carbons (Fsp3) is 0.364. The van der Waals surface area contributed by atoms with E-state index in [2.05, 4.69) is 20.6 Å². The average Bonchev–Trinajstić information content (AvgIpc) is 3.35. The van der Waals surface area contributed by atoms with E-state index in [1.165, 1.54) is 38.2 Å². The van der Waals surface area contributed by atoms with E-state index >= 15 is 0 Å². The third-order valence-corrected chi connectivity index (χ3v) is 5.98. The van der Waals surface area contributed by atoms with Gasteiger partial charge >= 0.3 is 0 Å². The van der Waals surface area contributed by atoms with Crippen molar-refractivity contribution in [2.75, 3.05) is 0 Å². The maximum Gasteiger partial charge on any atom is 0.139 e. The van der Waals surface area contributed by atoms with Crippen molar-refractivity contribution >= 4 is 22.8 Å². The van der Waals surface area contributed by atoms with Crippen molar-refractivity contribution in [3.63, 3.8) is 0 Å². The molecule has 2 aliphatic carbocycles. The first-order valence-corrected chi connectivity index (χ1v) is 10.0. The lowest BCUT2D eigenvalue weighted by Crippen LogP contribution is -2.38. The summed E-state index contributed by atoms with van der Waals surface area (Å²) >= 11 is 0. The number of amidine groups is 1. The van der Waals surface area contributed by atoms with Crippen molar-refractivity contribution in [1.82, 2.24) is 14.5 Å². The maximum atomic E-state index is 13.5. The Balaban J connectivity index is 1.81. The SMILES string of the molecule is NC1=Nc2[nH]ccc2C(=c2c(=C3C=CC(F)=CC3)ncn2C2CCCCC2)C1. The van der Waals surface area contributed by atoms with Crippen LogP contribution in [0.1, 0.15) is 56.6 Å². The summed E-state index contributed by atoms with van der Waals surface area (Å²) in [6.45, 7) is 0. The van der Waals surface area contributed by atoms with Crippen LogP contribution in [0.2, 0.25) is 0 Å². The summed E-state index contributed by atoms with van der Waals surface area (Å²) in [5.74, 6) is 1.21. The van der Waals surface area contributed by atoms with Gasteiger partial charge in [-0.2, -0.15) is 0 Å². The second-order valence-electron chi connectivity index (χ2n) is 7.79. The summed E-state index contributed by atoms with van der Waals surface area (Å²) in [5, 5.41) is 2.04. The van der Waals surface area contributed by atoms with Crippen LogP contribution in [-0.2, 0) is 0 Å². The number of fused-ring (bicyclic) bond motifs is 1. The molecule has 0 saturated heterocycles. The van der Waals surface area contributed by atoms with Crippen LogP contribution in [0.4, 0.5) is 10.2 Å². The number of imidazole rings is 1. The molecular formula is C22H24FN5. The Labute approximate surface area is 162 Å². The van der Waals surface area contributed by atoms with E-state index in [1.807, 2.05) is 18.6 Å². The number of rotatable bonds is 1. The molecule has 144 valence electrons. The first-order valence-electron chi connectivity index (χ1n) is 10.0. The van der Waals surface area contributed by atoms with Gasteiger partial charge in [0.05, 0.1) is 17.0 Å². The molecule has 0 spiro atoms. The second kappa shape index (κ2) is 6.93. The zero-order valence-electron chi connectivity index (χ0n) is 15.8. The number of aliphatic imine (C=N–C) groups is 1. The van der Waals surface area contributed by atoms with Gasteiger partial charge in [0.25, 0.3) is 0 Å². The lowest BCUT2D eigenvalue weighted by molar-refractivity contribution is 0.348. The van der Waals surface area contributed by atoms with Gasteiger partial charge in [-0.15, -0.1) is 0 Å². The number of H-pyrrole nitrogens is 1. The minimum Gasteiger partial charge on any atom is -0.387 e. The predicted octanol–water partition coefficient (Wildman–Crippen LogP) is 3.27. The molecule has 6 heteroatoms. The Morgan fingerprint density at radius 3 is 2.82 bits per heavy atom. The van der Waals surface area contributed by atoms with Gasteiger partial charge in [-0.1, -0.05) is 25.3 Å². The van der Waals surface area contributed by atoms with Crippen LogP contribution < -0.4 is 16.4 Å². The van der Waals surface area contributed by atoms with Crippen molar-refractivity contribution in [3.05, 3.63) is 58.9 Å². The van der Waals surface area contributed by atoms with Gasteiger partial charge in [0.15, 0.2) is 0 Å². The molecule has 0 aromatic carbocycles. The summed E-state index contributed by atoms with van der Waals surface area (Å²) in [4.78, 5) is 12.5. The van der Waals surface area contributed by atoms with E-state index in [0.29, 0.717) is 24.7 Å². The quantitative estimate of drug-likeness (QED) is 0.801. The molecule has 0 amide bonds. The molecule has 0 unspecified atom stereocenters. The van der Waals surface area contributed by atoms with Gasteiger partial charge in [0.1, 0.15) is 17.5 Å². The summed E-state index contributed by atoms with van der Waals surface area (Å²) < 4.78 is 15.9. The van der Waals surface area contributed by atoms with Crippen LogP contribution in [0.15, 0.2) is 47.6 Å². The molecule has 2 aromatic rings. The maximum absolute atomic E-state index is 13.5. The van der Waals surface area contributed by atoms with Crippen molar-refractivity contribution in [3.8, 4) is 0 Å². The fourth-order valence-electron chi connectivity index (χ4n) is 4.60. The molecule has 0 atom stereocenters. The first kappa shape index (κ1) is 17.2. The molecule has 5 nitrogen and oxygen atoms in total. The molecule has 2 aromatic heterocycles. The molecule has 3 N–H and O–H groups in total. The molecule has 28 heavy (non-hydrogen) atoms. The van der Waals surface area contributed by atoms with E-state index < -0.39 is 0 Å². The standard InChI is InChI=1S/C22H24FN5/c23-15-8-6-14(7-9-15)20-21(28(13-26-20)16-4-2-1-3-5-16)18-12-19(24)27-22-17(18)10-11-25-22/h6,8-11,13,16,25H,1-5,7,12H2,(H2,24,27). The van der Waals surface area contributed by atoms with Crippen LogP contribution in [0, 0.1) is 0 Å². The van der Waals surface area contributed by atoms with Crippen molar-refractivity contribution in [1.29, 1.82) is 0 Å². The van der Waals surface area contributed by atoms with Crippen molar-refractivity contribution < 1.29 is 4.39 Å². The van der Waals surface area contributed by atoms with E-state index in [1.54, 1.807) is 6.08 Å². The number of nitrogens with zero attached hydrogens (tertiary/aromatic N) is 3. The summed E-state index contributed by atoms with van der Waals surface area (Å²) in [5.41, 5.74) is 9.45. The van der Waals surface area contributed by atoms with Crippen LogP contribution in [-0.4, -0.2) is 20.4 Å². The average molecular weight is 377 g/mol.